The van der Waals surface area contributed by atoms with Crippen molar-refractivity contribution in [2.45, 2.75) is 38.5 Å². The van der Waals surface area contributed by atoms with Gasteiger partial charge in [0.2, 0.25) is 0 Å². The first kappa shape index (κ1) is 22.2. The molecule has 0 aliphatic rings. The molecule has 1 rings (SSSR count). The Morgan fingerprint density at radius 3 is 2.77 bits per heavy atom. The number of hydrogen-bond donors (Lipinski definition) is 2. The van der Waals surface area contributed by atoms with Crippen molar-refractivity contribution in [1.82, 2.24) is 5.09 Å². The van der Waals surface area contributed by atoms with Crippen LogP contribution in [0.25, 0.3) is 5.70 Å². The molecular weight excluding hydrogens is 371 g/mol. The molecule has 1 unspecified atom stereocenters. The van der Waals surface area contributed by atoms with Crippen LogP contribution in [0.2, 0.25) is 0 Å². The maximum atomic E-state index is 12.1. The number of rotatable bonds is 10. The number of carbonyl (C=O) groups is 1. The lowest BCUT2D eigenvalue weighted by Gasteiger charge is -2.13. The van der Waals surface area contributed by atoms with Crippen LogP contribution in [-0.2, 0) is 18.6 Å². The molecule has 0 aliphatic heterocycles. The summed E-state index contributed by atoms with van der Waals surface area (Å²) in [4.78, 5) is 12.3. The van der Waals surface area contributed by atoms with Crippen molar-refractivity contribution < 1.29 is 18.6 Å². The summed E-state index contributed by atoms with van der Waals surface area (Å²) in [6.07, 6.45) is 3.46. The highest BCUT2D eigenvalue weighted by Gasteiger charge is 2.08. The van der Waals surface area contributed by atoms with Crippen LogP contribution in [0.5, 0.6) is 0 Å². The van der Waals surface area contributed by atoms with E-state index >= 15 is 0 Å². The van der Waals surface area contributed by atoms with E-state index in [1.165, 1.54) is 20.5 Å². The largest absolute Gasteiger partial charge is 0.466 e. The highest BCUT2D eigenvalue weighted by molar-refractivity contribution is 7.99. The maximum absolute atomic E-state index is 12.1. The van der Waals surface area contributed by atoms with Gasteiger partial charge in [-0.3, -0.25) is 4.57 Å². The molecule has 6 nitrogen and oxygen atoms in total. The molecule has 144 valence electrons. The second kappa shape index (κ2) is 11.7. The van der Waals surface area contributed by atoms with Crippen molar-refractivity contribution in [3.8, 4) is 0 Å². The van der Waals surface area contributed by atoms with Crippen LogP contribution in [0, 0.1) is 0 Å². The Hall–Kier alpha value is -1.85. The average molecular weight is 398 g/mol. The number of methoxy groups -OCH3 is 1. The molecule has 8 heteroatoms. The van der Waals surface area contributed by atoms with Gasteiger partial charge in [-0.05, 0) is 38.2 Å². The predicted molar refractivity (Wildman–Crippen MR) is 108 cm³/mol. The van der Waals surface area contributed by atoms with E-state index in [4.69, 9.17) is 10.3 Å². The molecule has 26 heavy (non-hydrogen) atoms. The van der Waals surface area contributed by atoms with Gasteiger partial charge in [0.05, 0.1) is 18.9 Å². The molecule has 1 atom stereocenters. The maximum Gasteiger partial charge on any atom is 0.333 e. The van der Waals surface area contributed by atoms with Gasteiger partial charge in [-0.15, -0.1) is 11.8 Å². The first-order valence-corrected chi connectivity index (χ1v) is 10.6. The van der Waals surface area contributed by atoms with Crippen molar-refractivity contribution in [2.24, 2.45) is 5.73 Å². The summed E-state index contributed by atoms with van der Waals surface area (Å²) in [7, 11) is -1.38. The van der Waals surface area contributed by atoms with Crippen molar-refractivity contribution in [1.29, 1.82) is 0 Å². The predicted octanol–water partition coefficient (Wildman–Crippen LogP) is 4.30. The number of unbranched alkanes of at least 4 members (excludes halogenated alkanes) is 1. The minimum absolute atomic E-state index is 0.203. The number of ether oxygens (including phenoxy) is 1. The van der Waals surface area contributed by atoms with Gasteiger partial charge in [0.25, 0.3) is 0 Å². The van der Waals surface area contributed by atoms with Gasteiger partial charge in [0, 0.05) is 16.2 Å². The molecular formula is C18H27N2O4PS. The van der Waals surface area contributed by atoms with Crippen LogP contribution in [0.4, 0.5) is 0 Å². The summed E-state index contributed by atoms with van der Waals surface area (Å²) >= 11 is 1.79. The number of thioether (sulfide) groups is 1. The number of hydrogen-bond acceptors (Lipinski definition) is 6. The van der Waals surface area contributed by atoms with E-state index in [1.54, 1.807) is 18.7 Å². The molecule has 0 spiro atoms. The Labute approximate surface area is 160 Å². The molecule has 0 bridgehead atoms. The van der Waals surface area contributed by atoms with Gasteiger partial charge >= 0.3 is 14.1 Å². The molecule has 1 aromatic rings. The lowest BCUT2D eigenvalue weighted by atomic mass is 10.1. The summed E-state index contributed by atoms with van der Waals surface area (Å²) in [5.74, 6) is 0.698. The first-order chi connectivity index (χ1) is 12.4. The monoisotopic (exact) mass is 398 g/mol. The van der Waals surface area contributed by atoms with Crippen LogP contribution in [0.3, 0.4) is 0 Å². The van der Waals surface area contributed by atoms with Gasteiger partial charge in [0.1, 0.15) is 5.76 Å². The fourth-order valence-electron chi connectivity index (χ4n) is 1.95. The lowest BCUT2D eigenvalue weighted by Crippen LogP contribution is -2.10. The van der Waals surface area contributed by atoms with Crippen LogP contribution < -0.4 is 10.8 Å². The minimum Gasteiger partial charge on any atom is -0.466 e. The van der Waals surface area contributed by atoms with E-state index < -0.39 is 14.1 Å². The van der Waals surface area contributed by atoms with Crippen molar-refractivity contribution in [3.05, 3.63) is 47.4 Å². The third kappa shape index (κ3) is 8.02. The number of nitrogens with one attached hydrogen (secondary N) is 1. The number of carbonyl (C=O) groups excluding carboxylic acids is 1. The molecule has 0 saturated carbocycles. The molecule has 0 fully saturated rings. The molecule has 0 saturated heterocycles. The summed E-state index contributed by atoms with van der Waals surface area (Å²) < 4.78 is 21.7. The van der Waals surface area contributed by atoms with E-state index in [1.807, 2.05) is 24.3 Å². The quantitative estimate of drug-likeness (QED) is 0.152. The second-order valence-corrected chi connectivity index (χ2v) is 7.76. The Bertz CT molecular complexity index is 704. The van der Waals surface area contributed by atoms with Crippen LogP contribution in [-0.4, -0.2) is 18.8 Å². The van der Waals surface area contributed by atoms with Gasteiger partial charge in [-0.2, -0.15) is 0 Å². The molecule has 1 aromatic carbocycles. The van der Waals surface area contributed by atoms with Crippen LogP contribution in [0.15, 0.2) is 46.7 Å². The highest BCUT2D eigenvalue weighted by atomic mass is 32.2. The molecule has 0 aromatic heterocycles. The Morgan fingerprint density at radius 1 is 1.38 bits per heavy atom. The van der Waals surface area contributed by atoms with Gasteiger partial charge in [0.15, 0.2) is 0 Å². The molecule has 0 heterocycles. The van der Waals surface area contributed by atoms with Crippen molar-refractivity contribution in [2.75, 3.05) is 12.9 Å². The Morgan fingerprint density at radius 2 is 2.12 bits per heavy atom. The fourth-order valence-corrected chi connectivity index (χ4v) is 3.85. The van der Waals surface area contributed by atoms with E-state index in [9.17, 15) is 9.36 Å². The van der Waals surface area contributed by atoms with E-state index in [-0.39, 0.29) is 5.76 Å². The Kier molecular flexibility index (Phi) is 9.99. The minimum atomic E-state index is -2.64. The molecule has 3 N–H and O–H groups in total. The van der Waals surface area contributed by atoms with E-state index in [0.29, 0.717) is 11.4 Å². The van der Waals surface area contributed by atoms with Gasteiger partial charge in [-0.1, -0.05) is 25.5 Å². The third-order valence-electron chi connectivity index (χ3n) is 3.38. The van der Waals surface area contributed by atoms with Crippen molar-refractivity contribution in [3.63, 3.8) is 0 Å². The second-order valence-electron chi connectivity index (χ2n) is 5.56. The summed E-state index contributed by atoms with van der Waals surface area (Å²) in [6.45, 7) is 5.43. The zero-order valence-corrected chi connectivity index (χ0v) is 17.4. The van der Waals surface area contributed by atoms with Crippen molar-refractivity contribution >= 4 is 31.6 Å². The topological polar surface area (TPSA) is 90.6 Å². The van der Waals surface area contributed by atoms with Gasteiger partial charge in [-0.25, -0.2) is 4.79 Å². The number of esters is 1. The summed E-state index contributed by atoms with van der Waals surface area (Å²) in [5, 5.41) is 2.75. The highest BCUT2D eigenvalue weighted by Crippen LogP contribution is 2.27. The zero-order chi connectivity index (χ0) is 19.5. The van der Waals surface area contributed by atoms with Crippen LogP contribution >= 0.6 is 19.9 Å². The average Bonchev–Trinajstić information content (AvgIpc) is 2.61. The Balaban J connectivity index is 2.77. The fraction of sp³-hybridized carbons (Fsp3) is 0.389. The molecule has 0 radical (unpaired) electrons. The third-order valence-corrected chi connectivity index (χ3v) is 5.55. The molecule has 0 amide bonds. The standard InChI is InChI=1S/C18H27N2O4PS/c1-5-6-10-26-16-9-7-8-15(12-16)18(19)14(3)20-25(22)24-13(2)11-17(21)23-4/h7-9,11-12,25H,5-6,10,19H2,1-4H3,(H,20,22)/b13-11+,18-14+. The van der Waals surface area contributed by atoms with Crippen LogP contribution in [0.1, 0.15) is 39.2 Å². The number of nitrogens with two attached hydrogens (primary N) is 1. The SMILES string of the molecule is CCCCSc1cccc(/C(N)=C(/C)N[PH](=O)O/C(C)=C/C(=O)OC)c1. The number of benzene rings is 1. The van der Waals surface area contributed by atoms with Gasteiger partial charge < -0.3 is 20.1 Å². The smallest absolute Gasteiger partial charge is 0.333 e. The normalized spacial score (nSPS) is 13.6. The number of allylic oxidation sites excluding steroid dienone is 2. The first-order valence-electron chi connectivity index (χ1n) is 8.32. The summed E-state index contributed by atoms with van der Waals surface area (Å²) in [5.41, 5.74) is 8.09. The zero-order valence-electron chi connectivity index (χ0n) is 15.6. The summed E-state index contributed by atoms with van der Waals surface area (Å²) in [6, 6.07) is 7.92. The van der Waals surface area contributed by atoms with E-state index in [2.05, 4.69) is 16.7 Å². The molecule has 0 aliphatic carbocycles. The van der Waals surface area contributed by atoms with E-state index in [0.717, 1.165) is 28.7 Å². The lowest BCUT2D eigenvalue weighted by molar-refractivity contribution is -0.135.